The number of aliphatic carboxylic acids is 1. The summed E-state index contributed by atoms with van der Waals surface area (Å²) < 4.78 is 0. The van der Waals surface area contributed by atoms with Gasteiger partial charge < -0.3 is 10.1 Å². The smallest absolute Gasteiger partial charge is 0.300 e. The van der Waals surface area contributed by atoms with Gasteiger partial charge in [0.1, 0.15) is 5.65 Å². The second kappa shape index (κ2) is 11.6. The highest BCUT2D eigenvalue weighted by Crippen LogP contribution is 2.09. The molecular formula is C14H24N2O2. The molecule has 0 unspecified atom stereocenters. The Labute approximate surface area is 109 Å². The minimum absolute atomic E-state index is 0.833. The van der Waals surface area contributed by atoms with Crippen LogP contribution in [0.3, 0.4) is 0 Å². The van der Waals surface area contributed by atoms with Crippen LogP contribution in [0.15, 0.2) is 24.5 Å². The van der Waals surface area contributed by atoms with E-state index in [1.165, 1.54) is 10.9 Å². The number of carboxylic acid groups (broad SMARTS) is 1. The lowest BCUT2D eigenvalue weighted by atomic mass is 10.2. The Bertz CT molecular complexity index is 432. The molecule has 0 aromatic carbocycles. The van der Waals surface area contributed by atoms with Crippen LogP contribution >= 0.6 is 0 Å². The average molecular weight is 252 g/mol. The lowest BCUT2D eigenvalue weighted by molar-refractivity contribution is -0.134. The number of carbonyl (C=O) groups is 1. The molecule has 18 heavy (non-hydrogen) atoms. The van der Waals surface area contributed by atoms with E-state index in [-0.39, 0.29) is 0 Å². The molecule has 0 saturated carbocycles. The fourth-order valence-corrected chi connectivity index (χ4v) is 1.05. The van der Waals surface area contributed by atoms with Crippen molar-refractivity contribution >= 4 is 17.0 Å². The number of fused-ring (bicyclic) bond motifs is 1. The highest BCUT2D eigenvalue weighted by Gasteiger charge is 1.92. The number of carboxylic acids is 1. The third-order valence-corrected chi connectivity index (χ3v) is 1.54. The number of nitrogens with one attached hydrogen (secondary N) is 1. The van der Waals surface area contributed by atoms with Crippen LogP contribution in [0.25, 0.3) is 11.0 Å². The molecule has 0 fully saturated rings. The van der Waals surface area contributed by atoms with E-state index in [0.717, 1.165) is 12.6 Å². The summed E-state index contributed by atoms with van der Waals surface area (Å²) in [5.74, 6) is -0.833. The molecule has 4 nitrogen and oxygen atoms in total. The molecule has 2 aromatic heterocycles. The van der Waals surface area contributed by atoms with Gasteiger partial charge in [0.05, 0.1) is 0 Å². The van der Waals surface area contributed by atoms with Crippen molar-refractivity contribution < 1.29 is 9.90 Å². The molecule has 2 rings (SSSR count). The van der Waals surface area contributed by atoms with Gasteiger partial charge in [0.2, 0.25) is 0 Å². The van der Waals surface area contributed by atoms with Crippen LogP contribution in [0.1, 0.15) is 40.2 Å². The van der Waals surface area contributed by atoms with Gasteiger partial charge >= 0.3 is 0 Å². The predicted octanol–water partition coefficient (Wildman–Crippen LogP) is 4.01. The lowest BCUT2D eigenvalue weighted by Crippen LogP contribution is -1.78. The van der Waals surface area contributed by atoms with Crippen molar-refractivity contribution in [3.63, 3.8) is 0 Å². The van der Waals surface area contributed by atoms with Gasteiger partial charge in [0.15, 0.2) is 0 Å². The first-order valence-corrected chi connectivity index (χ1v) is 6.19. The van der Waals surface area contributed by atoms with Crippen molar-refractivity contribution in [1.82, 2.24) is 9.97 Å². The van der Waals surface area contributed by atoms with E-state index in [0.29, 0.717) is 0 Å². The summed E-state index contributed by atoms with van der Waals surface area (Å²) >= 11 is 0. The average Bonchev–Trinajstić information content (AvgIpc) is 2.80. The number of pyridine rings is 1. The summed E-state index contributed by atoms with van der Waals surface area (Å²) in [6, 6.07) is 4.13. The van der Waals surface area contributed by atoms with E-state index in [2.05, 4.69) is 16.0 Å². The summed E-state index contributed by atoms with van der Waals surface area (Å²) in [6.07, 6.45) is 3.76. The molecule has 0 aliphatic carbocycles. The van der Waals surface area contributed by atoms with Crippen molar-refractivity contribution in [3.05, 3.63) is 30.1 Å². The maximum absolute atomic E-state index is 9.00. The largest absolute Gasteiger partial charge is 0.481 e. The van der Waals surface area contributed by atoms with Gasteiger partial charge in [-0.15, -0.1) is 0 Å². The van der Waals surface area contributed by atoms with E-state index >= 15 is 0 Å². The van der Waals surface area contributed by atoms with Gasteiger partial charge in [-0.3, -0.25) is 4.79 Å². The molecule has 0 amide bonds. The van der Waals surface area contributed by atoms with Crippen molar-refractivity contribution in [3.8, 4) is 0 Å². The van der Waals surface area contributed by atoms with Gasteiger partial charge in [-0.1, -0.05) is 27.7 Å². The molecule has 0 bridgehead atoms. The Morgan fingerprint density at radius 3 is 2.28 bits per heavy atom. The summed E-state index contributed by atoms with van der Waals surface area (Å²) in [6.45, 7) is 11.1. The molecule has 0 aliphatic rings. The van der Waals surface area contributed by atoms with Gasteiger partial charge in [-0.2, -0.15) is 0 Å². The van der Waals surface area contributed by atoms with Crippen molar-refractivity contribution in [2.24, 2.45) is 0 Å². The summed E-state index contributed by atoms with van der Waals surface area (Å²) in [5, 5.41) is 8.60. The van der Waals surface area contributed by atoms with Crippen LogP contribution in [-0.2, 0) is 4.79 Å². The number of aryl methyl sites for hydroxylation is 1. The zero-order chi connectivity index (χ0) is 14.6. The molecule has 0 spiro atoms. The van der Waals surface area contributed by atoms with E-state index in [9.17, 15) is 0 Å². The molecule has 2 aromatic rings. The van der Waals surface area contributed by atoms with Crippen molar-refractivity contribution in [2.75, 3.05) is 0 Å². The summed E-state index contributed by atoms with van der Waals surface area (Å²) in [7, 11) is 0. The topological polar surface area (TPSA) is 66.0 Å². The highest BCUT2D eigenvalue weighted by molar-refractivity contribution is 5.75. The summed E-state index contributed by atoms with van der Waals surface area (Å²) in [5.41, 5.74) is 2.16. The fourth-order valence-electron chi connectivity index (χ4n) is 1.05. The third-order valence-electron chi connectivity index (χ3n) is 1.54. The van der Waals surface area contributed by atoms with Crippen LogP contribution in [0, 0.1) is 6.92 Å². The van der Waals surface area contributed by atoms with Gasteiger partial charge in [-0.05, 0) is 24.6 Å². The molecule has 4 heteroatoms. The van der Waals surface area contributed by atoms with E-state index < -0.39 is 5.97 Å². The molecule has 102 valence electrons. The first-order valence-electron chi connectivity index (χ1n) is 6.19. The SMILES string of the molecule is CC.CC.CC(=O)O.Cc1cnc2[nH]ccc2c1. The van der Waals surface area contributed by atoms with E-state index in [1.54, 1.807) is 0 Å². The van der Waals surface area contributed by atoms with E-state index in [4.69, 9.17) is 9.90 Å². The number of rotatable bonds is 0. The van der Waals surface area contributed by atoms with Gasteiger partial charge in [0.25, 0.3) is 5.97 Å². The van der Waals surface area contributed by atoms with Crippen molar-refractivity contribution in [1.29, 1.82) is 0 Å². The van der Waals surface area contributed by atoms with E-state index in [1.807, 2.05) is 53.1 Å². The molecule has 2 N–H and O–H groups in total. The Morgan fingerprint density at radius 2 is 1.78 bits per heavy atom. The predicted molar refractivity (Wildman–Crippen MR) is 76.8 cm³/mol. The number of hydrogen-bond donors (Lipinski definition) is 2. The molecule has 2 heterocycles. The fraction of sp³-hybridized carbons (Fsp3) is 0.429. The van der Waals surface area contributed by atoms with Crippen LogP contribution in [0.5, 0.6) is 0 Å². The third kappa shape index (κ3) is 8.33. The first-order chi connectivity index (χ1) is 8.59. The lowest BCUT2D eigenvalue weighted by Gasteiger charge is -1.89. The Balaban J connectivity index is 0. The standard InChI is InChI=1S/C8H8N2.C2H4O2.2C2H6/c1-6-4-7-2-3-9-8(7)10-5-6;1-2(3)4;2*1-2/h2-5H,1H3,(H,9,10);1H3,(H,3,4);2*1-2H3. The minimum atomic E-state index is -0.833. The zero-order valence-electron chi connectivity index (χ0n) is 12.1. The second-order valence-corrected chi connectivity index (χ2v) is 2.95. The van der Waals surface area contributed by atoms with Crippen LogP contribution in [0.4, 0.5) is 0 Å². The van der Waals surface area contributed by atoms with Crippen LogP contribution < -0.4 is 0 Å². The number of aromatic nitrogens is 2. The monoisotopic (exact) mass is 252 g/mol. The molecule has 0 saturated heterocycles. The minimum Gasteiger partial charge on any atom is -0.481 e. The maximum Gasteiger partial charge on any atom is 0.300 e. The highest BCUT2D eigenvalue weighted by atomic mass is 16.4. The Hall–Kier alpha value is -1.84. The van der Waals surface area contributed by atoms with Crippen LogP contribution in [-0.4, -0.2) is 21.0 Å². The number of nitrogens with zero attached hydrogens (tertiary/aromatic N) is 1. The quantitative estimate of drug-likeness (QED) is 0.744. The van der Waals surface area contributed by atoms with Gasteiger partial charge in [-0.25, -0.2) is 4.98 Å². The molecular weight excluding hydrogens is 228 g/mol. The number of aromatic amines is 1. The van der Waals surface area contributed by atoms with Crippen LogP contribution in [0.2, 0.25) is 0 Å². The molecule has 0 atom stereocenters. The Morgan fingerprint density at radius 1 is 1.28 bits per heavy atom. The van der Waals surface area contributed by atoms with Gasteiger partial charge in [0, 0.05) is 24.7 Å². The first kappa shape index (κ1) is 18.5. The zero-order valence-corrected chi connectivity index (χ0v) is 12.1. The summed E-state index contributed by atoms with van der Waals surface area (Å²) in [4.78, 5) is 16.2. The second-order valence-electron chi connectivity index (χ2n) is 2.95. The van der Waals surface area contributed by atoms with Crippen molar-refractivity contribution in [2.45, 2.75) is 41.5 Å². The molecule has 0 radical (unpaired) electrons. The number of H-pyrrole nitrogens is 1. The molecule has 0 aliphatic heterocycles. The normalized spacial score (nSPS) is 7.89. The Kier molecular flexibility index (Phi) is 12.0. The maximum atomic E-state index is 9.00. The number of hydrogen-bond acceptors (Lipinski definition) is 2.